The van der Waals surface area contributed by atoms with Crippen LogP contribution in [0.15, 0.2) is 0 Å². The highest BCUT2D eigenvalue weighted by Crippen LogP contribution is 2.38. The van der Waals surface area contributed by atoms with E-state index in [1.807, 2.05) is 0 Å². The molecule has 0 bridgehead atoms. The first-order chi connectivity index (χ1) is 6.66. The summed E-state index contributed by atoms with van der Waals surface area (Å²) in [5.41, 5.74) is 5.39. The summed E-state index contributed by atoms with van der Waals surface area (Å²) in [5.74, 6) is 2.60. The van der Waals surface area contributed by atoms with Gasteiger partial charge in [-0.2, -0.15) is 0 Å². The molecular weight excluding hydrogens is 176 g/mol. The normalized spacial score (nSPS) is 18.9. The summed E-state index contributed by atoms with van der Waals surface area (Å²) in [4.78, 5) is 13.6. The lowest BCUT2D eigenvalue weighted by Gasteiger charge is -2.30. The lowest BCUT2D eigenvalue weighted by Crippen LogP contribution is -2.45. The maximum atomic E-state index is 12.0. The van der Waals surface area contributed by atoms with Crippen molar-refractivity contribution in [2.45, 2.75) is 25.7 Å². The molecule has 1 aliphatic rings. The smallest absolute Gasteiger partial charge is 0.230 e. The van der Waals surface area contributed by atoms with Crippen LogP contribution in [0, 0.1) is 17.8 Å². The number of terminal acetylenes is 1. The first-order valence-electron chi connectivity index (χ1n) is 5.05. The molecule has 3 nitrogen and oxygen atoms in total. The average molecular weight is 194 g/mol. The molecule has 0 spiro atoms. The van der Waals surface area contributed by atoms with Gasteiger partial charge in [-0.3, -0.25) is 4.79 Å². The molecule has 0 atom stereocenters. The van der Waals surface area contributed by atoms with E-state index in [0.29, 0.717) is 13.1 Å². The van der Waals surface area contributed by atoms with E-state index in [9.17, 15) is 4.79 Å². The Bertz CT molecular complexity index is 249. The highest BCUT2D eigenvalue weighted by molar-refractivity contribution is 5.83. The minimum Gasteiger partial charge on any atom is -0.334 e. The first kappa shape index (κ1) is 11.1. The Kier molecular flexibility index (Phi) is 3.54. The number of carbonyl (C=O) groups excluding carboxylic acids is 1. The summed E-state index contributed by atoms with van der Waals surface area (Å²) < 4.78 is 0. The standard InChI is InChI=1S/C11H18N2O/c1-3-8-13(2)10(14)11(9-12)6-4-5-7-11/h1H,4-9,12H2,2H3. The van der Waals surface area contributed by atoms with Gasteiger partial charge < -0.3 is 10.6 Å². The van der Waals surface area contributed by atoms with Crippen LogP contribution in [-0.4, -0.2) is 30.9 Å². The Morgan fingerprint density at radius 2 is 2.14 bits per heavy atom. The Labute approximate surface area is 85.6 Å². The molecule has 0 unspecified atom stereocenters. The van der Waals surface area contributed by atoms with E-state index in [1.165, 1.54) is 0 Å². The topological polar surface area (TPSA) is 46.3 Å². The van der Waals surface area contributed by atoms with Gasteiger partial charge in [0.2, 0.25) is 5.91 Å². The van der Waals surface area contributed by atoms with Crippen molar-refractivity contribution in [2.24, 2.45) is 11.1 Å². The molecule has 78 valence electrons. The van der Waals surface area contributed by atoms with E-state index in [1.54, 1.807) is 11.9 Å². The monoisotopic (exact) mass is 194 g/mol. The molecule has 1 saturated carbocycles. The maximum absolute atomic E-state index is 12.0. The number of hydrogen-bond donors (Lipinski definition) is 1. The van der Waals surface area contributed by atoms with Crippen molar-refractivity contribution in [1.82, 2.24) is 4.90 Å². The van der Waals surface area contributed by atoms with E-state index >= 15 is 0 Å². The van der Waals surface area contributed by atoms with Gasteiger partial charge in [0.15, 0.2) is 0 Å². The number of rotatable bonds is 3. The van der Waals surface area contributed by atoms with Crippen LogP contribution in [0.25, 0.3) is 0 Å². The summed E-state index contributed by atoms with van der Waals surface area (Å²) in [7, 11) is 1.75. The Morgan fingerprint density at radius 1 is 1.57 bits per heavy atom. The largest absolute Gasteiger partial charge is 0.334 e. The molecule has 1 amide bonds. The SMILES string of the molecule is C#CCN(C)C(=O)C1(CN)CCCC1. The highest BCUT2D eigenvalue weighted by atomic mass is 16.2. The van der Waals surface area contributed by atoms with Crippen LogP contribution in [0.5, 0.6) is 0 Å². The van der Waals surface area contributed by atoms with Crippen molar-refractivity contribution >= 4 is 5.91 Å². The lowest BCUT2D eigenvalue weighted by atomic mass is 9.85. The fraction of sp³-hybridized carbons (Fsp3) is 0.727. The van der Waals surface area contributed by atoms with Crippen molar-refractivity contribution in [3.05, 3.63) is 0 Å². The van der Waals surface area contributed by atoms with E-state index < -0.39 is 0 Å². The number of hydrogen-bond acceptors (Lipinski definition) is 2. The van der Waals surface area contributed by atoms with Gasteiger partial charge in [-0.1, -0.05) is 18.8 Å². The first-order valence-corrected chi connectivity index (χ1v) is 5.05. The third-order valence-corrected chi connectivity index (χ3v) is 3.08. The fourth-order valence-corrected chi connectivity index (χ4v) is 2.17. The van der Waals surface area contributed by atoms with Gasteiger partial charge in [-0.05, 0) is 12.8 Å². The number of amides is 1. The Morgan fingerprint density at radius 3 is 2.57 bits per heavy atom. The van der Waals surface area contributed by atoms with Gasteiger partial charge in [0.1, 0.15) is 0 Å². The van der Waals surface area contributed by atoms with E-state index in [0.717, 1.165) is 25.7 Å². The molecule has 0 aromatic heterocycles. The van der Waals surface area contributed by atoms with Crippen molar-refractivity contribution in [2.75, 3.05) is 20.1 Å². The second-order valence-electron chi connectivity index (χ2n) is 4.06. The van der Waals surface area contributed by atoms with Gasteiger partial charge in [0.05, 0.1) is 12.0 Å². The fourth-order valence-electron chi connectivity index (χ4n) is 2.17. The predicted molar refractivity (Wildman–Crippen MR) is 56.4 cm³/mol. The molecule has 0 aliphatic heterocycles. The Balaban J connectivity index is 2.70. The minimum absolute atomic E-state index is 0.121. The zero-order valence-electron chi connectivity index (χ0n) is 8.75. The van der Waals surface area contributed by atoms with E-state index in [-0.39, 0.29) is 11.3 Å². The molecular formula is C11H18N2O. The van der Waals surface area contributed by atoms with Gasteiger partial charge >= 0.3 is 0 Å². The second kappa shape index (κ2) is 4.47. The van der Waals surface area contributed by atoms with Crippen LogP contribution in [0.1, 0.15) is 25.7 Å². The maximum Gasteiger partial charge on any atom is 0.230 e. The molecule has 3 heteroatoms. The van der Waals surface area contributed by atoms with Crippen LogP contribution in [-0.2, 0) is 4.79 Å². The van der Waals surface area contributed by atoms with Crippen molar-refractivity contribution in [1.29, 1.82) is 0 Å². The molecule has 0 radical (unpaired) electrons. The quantitative estimate of drug-likeness (QED) is 0.669. The van der Waals surface area contributed by atoms with Gasteiger partial charge in [0, 0.05) is 13.6 Å². The number of nitrogens with zero attached hydrogens (tertiary/aromatic N) is 1. The third kappa shape index (κ3) is 1.91. The molecule has 1 aliphatic carbocycles. The van der Waals surface area contributed by atoms with E-state index in [2.05, 4.69) is 5.92 Å². The highest BCUT2D eigenvalue weighted by Gasteiger charge is 2.41. The van der Waals surface area contributed by atoms with E-state index in [4.69, 9.17) is 12.2 Å². The molecule has 0 aromatic rings. The lowest BCUT2D eigenvalue weighted by molar-refractivity contribution is -0.139. The molecule has 0 aromatic carbocycles. The number of carbonyl (C=O) groups is 1. The van der Waals surface area contributed by atoms with Crippen LogP contribution in [0.2, 0.25) is 0 Å². The van der Waals surface area contributed by atoms with Crippen LogP contribution in [0.4, 0.5) is 0 Å². The summed E-state index contributed by atoms with van der Waals surface area (Å²) in [5, 5.41) is 0. The molecule has 0 saturated heterocycles. The summed E-state index contributed by atoms with van der Waals surface area (Å²) in [6.07, 6.45) is 9.21. The van der Waals surface area contributed by atoms with Crippen LogP contribution >= 0.6 is 0 Å². The molecule has 2 N–H and O–H groups in total. The zero-order chi connectivity index (χ0) is 10.6. The molecule has 14 heavy (non-hydrogen) atoms. The second-order valence-corrected chi connectivity index (χ2v) is 4.06. The molecule has 1 rings (SSSR count). The summed E-state index contributed by atoms with van der Waals surface area (Å²) >= 11 is 0. The van der Waals surface area contributed by atoms with Crippen LogP contribution < -0.4 is 5.73 Å². The predicted octanol–water partition coefficient (Wildman–Crippen LogP) is 0.597. The van der Waals surface area contributed by atoms with Gasteiger partial charge in [-0.15, -0.1) is 6.42 Å². The van der Waals surface area contributed by atoms with Gasteiger partial charge in [0.25, 0.3) is 0 Å². The minimum atomic E-state index is -0.314. The van der Waals surface area contributed by atoms with Crippen LogP contribution in [0.3, 0.4) is 0 Å². The van der Waals surface area contributed by atoms with Crippen molar-refractivity contribution in [3.8, 4) is 12.3 Å². The molecule has 1 fully saturated rings. The number of nitrogens with two attached hydrogens (primary N) is 1. The Hall–Kier alpha value is -1.01. The van der Waals surface area contributed by atoms with Gasteiger partial charge in [-0.25, -0.2) is 0 Å². The van der Waals surface area contributed by atoms with Crippen molar-refractivity contribution < 1.29 is 4.79 Å². The summed E-state index contributed by atoms with van der Waals surface area (Å²) in [6, 6.07) is 0. The molecule has 0 heterocycles. The third-order valence-electron chi connectivity index (χ3n) is 3.08. The van der Waals surface area contributed by atoms with Crippen molar-refractivity contribution in [3.63, 3.8) is 0 Å². The average Bonchev–Trinajstić information content (AvgIpc) is 2.66. The summed E-state index contributed by atoms with van der Waals surface area (Å²) in [6.45, 7) is 0.821. The zero-order valence-corrected chi connectivity index (χ0v) is 8.75.